The highest BCUT2D eigenvalue weighted by Crippen LogP contribution is 2.12. The van der Waals surface area contributed by atoms with Crippen LogP contribution in [0.25, 0.3) is 11.1 Å². The van der Waals surface area contributed by atoms with Crippen molar-refractivity contribution in [1.29, 1.82) is 0 Å². The van der Waals surface area contributed by atoms with Crippen molar-refractivity contribution in [2.75, 3.05) is 20.3 Å². The van der Waals surface area contributed by atoms with Crippen molar-refractivity contribution in [3.63, 3.8) is 0 Å². The molecule has 1 aromatic heterocycles. The van der Waals surface area contributed by atoms with E-state index in [0.717, 1.165) is 18.5 Å². The van der Waals surface area contributed by atoms with Gasteiger partial charge in [0.2, 0.25) is 0 Å². The number of hydrogen-bond acceptors (Lipinski definition) is 4. The first-order valence-electron chi connectivity index (χ1n) is 6.57. The Balaban J connectivity index is 2.22. The fourth-order valence-corrected chi connectivity index (χ4v) is 2.13. The normalized spacial score (nSPS) is 12.9. The van der Waals surface area contributed by atoms with Crippen LogP contribution in [0.15, 0.2) is 33.5 Å². The van der Waals surface area contributed by atoms with Crippen LogP contribution in [-0.2, 0) is 11.3 Å². The van der Waals surface area contributed by atoms with Gasteiger partial charge in [-0.1, -0.05) is 19.1 Å². The van der Waals surface area contributed by atoms with Crippen LogP contribution in [0.3, 0.4) is 0 Å². The number of aromatic nitrogens is 1. The molecule has 0 aliphatic heterocycles. The van der Waals surface area contributed by atoms with Crippen LogP contribution >= 0.6 is 0 Å². The van der Waals surface area contributed by atoms with E-state index in [9.17, 15) is 4.79 Å². The van der Waals surface area contributed by atoms with Crippen LogP contribution < -0.4 is 11.1 Å². The summed E-state index contributed by atoms with van der Waals surface area (Å²) in [6.45, 7) is 4.12. The molecule has 1 unspecified atom stereocenters. The molecule has 0 spiro atoms. The molecule has 2 aromatic rings. The summed E-state index contributed by atoms with van der Waals surface area (Å²) in [7, 11) is 1.66. The zero-order valence-corrected chi connectivity index (χ0v) is 11.4. The maximum atomic E-state index is 11.9. The Morgan fingerprint density at radius 2 is 2.21 bits per heavy atom. The number of benzene rings is 1. The Morgan fingerprint density at radius 1 is 1.42 bits per heavy atom. The topological polar surface area (TPSA) is 56.4 Å². The number of ether oxygens (including phenoxy) is 1. The largest absolute Gasteiger partial charge is 0.420 e. The van der Waals surface area contributed by atoms with Gasteiger partial charge in [0.05, 0.1) is 12.1 Å². The molecule has 0 bridgehead atoms. The quantitative estimate of drug-likeness (QED) is 0.825. The van der Waals surface area contributed by atoms with E-state index in [-0.39, 0.29) is 11.8 Å². The molecular formula is C14H20N2O3. The second-order valence-corrected chi connectivity index (χ2v) is 4.55. The van der Waals surface area contributed by atoms with Crippen LogP contribution in [0.2, 0.25) is 0 Å². The lowest BCUT2D eigenvalue weighted by Gasteiger charge is -2.17. The third kappa shape index (κ3) is 3.24. The summed E-state index contributed by atoms with van der Waals surface area (Å²) in [4.78, 5) is 11.9. The summed E-state index contributed by atoms with van der Waals surface area (Å²) >= 11 is 0. The summed E-state index contributed by atoms with van der Waals surface area (Å²) < 4.78 is 12.1. The minimum atomic E-state index is -0.319. The highest BCUT2D eigenvalue weighted by molar-refractivity contribution is 5.72. The van der Waals surface area contributed by atoms with Gasteiger partial charge in [-0.15, -0.1) is 0 Å². The SMILES string of the molecule is CCCNC(COC)Cn1c(=O)oc2ccccc21. The van der Waals surface area contributed by atoms with E-state index in [1.165, 1.54) is 0 Å². The number of fused-ring (bicyclic) bond motifs is 1. The van der Waals surface area contributed by atoms with E-state index in [1.54, 1.807) is 17.7 Å². The van der Waals surface area contributed by atoms with Crippen molar-refractivity contribution in [3.05, 3.63) is 34.8 Å². The first kappa shape index (κ1) is 13.8. The molecule has 1 atom stereocenters. The van der Waals surface area contributed by atoms with E-state index in [2.05, 4.69) is 12.2 Å². The molecule has 0 saturated carbocycles. The maximum absolute atomic E-state index is 11.9. The Bertz CT molecular complexity index is 573. The molecule has 0 saturated heterocycles. The van der Waals surface area contributed by atoms with Crippen LogP contribution in [0.4, 0.5) is 0 Å². The summed E-state index contributed by atoms with van der Waals surface area (Å²) in [6, 6.07) is 7.56. The Kier molecular flexibility index (Phi) is 4.76. The number of nitrogens with one attached hydrogen (secondary N) is 1. The molecule has 5 nitrogen and oxygen atoms in total. The number of oxazole rings is 1. The summed E-state index contributed by atoms with van der Waals surface area (Å²) in [5, 5.41) is 3.37. The molecule has 0 aliphatic carbocycles. The van der Waals surface area contributed by atoms with Gasteiger partial charge in [0.25, 0.3) is 0 Å². The standard InChI is InChI=1S/C14H20N2O3/c1-3-8-15-11(10-18-2)9-16-12-6-4-5-7-13(12)19-14(16)17/h4-7,11,15H,3,8-10H2,1-2H3. The third-order valence-corrected chi connectivity index (χ3v) is 3.03. The fraction of sp³-hybridized carbons (Fsp3) is 0.500. The fourth-order valence-electron chi connectivity index (χ4n) is 2.13. The monoisotopic (exact) mass is 264 g/mol. The second kappa shape index (κ2) is 6.54. The molecule has 1 heterocycles. The zero-order valence-electron chi connectivity index (χ0n) is 11.4. The number of hydrogen-bond donors (Lipinski definition) is 1. The lowest BCUT2D eigenvalue weighted by atomic mass is 10.2. The zero-order chi connectivity index (χ0) is 13.7. The van der Waals surface area contributed by atoms with E-state index in [0.29, 0.717) is 18.7 Å². The van der Waals surface area contributed by atoms with E-state index in [1.807, 2.05) is 18.2 Å². The molecule has 0 amide bonds. The number of para-hydroxylation sites is 2. The van der Waals surface area contributed by atoms with Gasteiger partial charge in [-0.25, -0.2) is 4.79 Å². The Hall–Kier alpha value is -1.59. The van der Waals surface area contributed by atoms with Crippen LogP contribution in [0.5, 0.6) is 0 Å². The smallest absolute Gasteiger partial charge is 0.408 e. The minimum Gasteiger partial charge on any atom is -0.408 e. The first-order valence-corrected chi connectivity index (χ1v) is 6.57. The van der Waals surface area contributed by atoms with Crippen molar-refractivity contribution in [1.82, 2.24) is 9.88 Å². The Labute approximate surface area is 112 Å². The molecule has 0 radical (unpaired) electrons. The van der Waals surface area contributed by atoms with Crippen LogP contribution in [-0.4, -0.2) is 30.9 Å². The second-order valence-electron chi connectivity index (χ2n) is 4.55. The molecule has 2 rings (SSSR count). The molecule has 1 aromatic carbocycles. The average molecular weight is 264 g/mol. The lowest BCUT2D eigenvalue weighted by molar-refractivity contribution is 0.158. The van der Waals surface area contributed by atoms with Crippen molar-refractivity contribution >= 4 is 11.1 Å². The third-order valence-electron chi connectivity index (χ3n) is 3.03. The molecule has 104 valence electrons. The number of methoxy groups -OCH3 is 1. The maximum Gasteiger partial charge on any atom is 0.420 e. The van der Waals surface area contributed by atoms with Crippen LogP contribution in [0.1, 0.15) is 13.3 Å². The molecule has 0 fully saturated rings. The molecule has 5 heteroatoms. The van der Waals surface area contributed by atoms with Gasteiger partial charge >= 0.3 is 5.76 Å². The molecule has 0 aliphatic rings. The van der Waals surface area contributed by atoms with E-state index >= 15 is 0 Å². The van der Waals surface area contributed by atoms with Gasteiger partial charge < -0.3 is 14.5 Å². The van der Waals surface area contributed by atoms with Gasteiger partial charge in [0, 0.05) is 19.7 Å². The summed E-state index contributed by atoms with van der Waals surface area (Å²) in [5.41, 5.74) is 1.45. The van der Waals surface area contributed by atoms with Gasteiger partial charge in [0.15, 0.2) is 5.58 Å². The van der Waals surface area contributed by atoms with Crippen LogP contribution in [0, 0.1) is 0 Å². The van der Waals surface area contributed by atoms with Gasteiger partial charge in [-0.2, -0.15) is 0 Å². The lowest BCUT2D eigenvalue weighted by Crippen LogP contribution is -2.39. The minimum absolute atomic E-state index is 0.101. The van der Waals surface area contributed by atoms with Gasteiger partial charge in [0.1, 0.15) is 0 Å². The molecule has 1 N–H and O–H groups in total. The molecular weight excluding hydrogens is 244 g/mol. The first-order chi connectivity index (χ1) is 9.26. The van der Waals surface area contributed by atoms with Gasteiger partial charge in [-0.3, -0.25) is 4.57 Å². The predicted octanol–water partition coefficient (Wildman–Crippen LogP) is 1.61. The van der Waals surface area contributed by atoms with E-state index < -0.39 is 0 Å². The number of rotatable bonds is 7. The number of nitrogens with zero attached hydrogens (tertiary/aromatic N) is 1. The van der Waals surface area contributed by atoms with E-state index in [4.69, 9.17) is 9.15 Å². The highest BCUT2D eigenvalue weighted by Gasteiger charge is 2.14. The summed E-state index contributed by atoms with van der Waals surface area (Å²) in [5.74, 6) is -0.319. The average Bonchev–Trinajstić information content (AvgIpc) is 2.73. The molecule has 19 heavy (non-hydrogen) atoms. The van der Waals surface area contributed by atoms with Gasteiger partial charge in [-0.05, 0) is 25.1 Å². The van der Waals surface area contributed by atoms with Crippen molar-refractivity contribution in [2.24, 2.45) is 0 Å². The van der Waals surface area contributed by atoms with Crippen molar-refractivity contribution in [3.8, 4) is 0 Å². The highest BCUT2D eigenvalue weighted by atomic mass is 16.5. The predicted molar refractivity (Wildman–Crippen MR) is 74.4 cm³/mol. The van der Waals surface area contributed by atoms with Crippen molar-refractivity contribution < 1.29 is 9.15 Å². The van der Waals surface area contributed by atoms with Crippen molar-refractivity contribution in [2.45, 2.75) is 25.9 Å². The summed E-state index contributed by atoms with van der Waals surface area (Å²) in [6.07, 6.45) is 1.04. The Morgan fingerprint density at radius 3 is 2.95 bits per heavy atom.